The Morgan fingerprint density at radius 1 is 1.00 bits per heavy atom. The Hall–Kier alpha value is -3.12. The second kappa shape index (κ2) is 7.63. The summed E-state index contributed by atoms with van der Waals surface area (Å²) in [6.07, 6.45) is 6.64. The van der Waals surface area contributed by atoms with Crippen molar-refractivity contribution >= 4 is 5.91 Å². The van der Waals surface area contributed by atoms with Crippen LogP contribution in [0.3, 0.4) is 0 Å². The molecule has 0 spiro atoms. The summed E-state index contributed by atoms with van der Waals surface area (Å²) in [6, 6.07) is 13.9. The first kappa shape index (κ1) is 17.3. The van der Waals surface area contributed by atoms with Crippen LogP contribution in [0.1, 0.15) is 22.0 Å². The lowest BCUT2D eigenvalue weighted by atomic mass is 10.0. The largest absolute Gasteiger partial charge is 0.329 e. The predicted octanol–water partition coefficient (Wildman–Crippen LogP) is 2.67. The minimum absolute atomic E-state index is 0.0236. The molecule has 0 aliphatic carbocycles. The Morgan fingerprint density at radius 2 is 1.78 bits per heavy atom. The summed E-state index contributed by atoms with van der Waals surface area (Å²) in [6.45, 7) is 2.34. The zero-order valence-corrected chi connectivity index (χ0v) is 15.2. The summed E-state index contributed by atoms with van der Waals surface area (Å²) in [7, 11) is 2.09. The maximum absolute atomic E-state index is 13.2. The van der Waals surface area contributed by atoms with E-state index in [4.69, 9.17) is 0 Å². The molecule has 6 heteroatoms. The molecule has 3 heterocycles. The number of pyridine rings is 1. The predicted molar refractivity (Wildman–Crippen MR) is 103 cm³/mol. The van der Waals surface area contributed by atoms with Crippen LogP contribution < -0.4 is 0 Å². The molecular formula is C21H21N5O. The smallest absolute Gasteiger partial charge is 0.257 e. The van der Waals surface area contributed by atoms with E-state index in [0.29, 0.717) is 17.9 Å². The number of amides is 1. The van der Waals surface area contributed by atoms with Crippen molar-refractivity contribution in [1.82, 2.24) is 24.8 Å². The molecule has 1 atom stereocenters. The molecule has 0 N–H and O–H groups in total. The monoisotopic (exact) mass is 359 g/mol. The molecule has 27 heavy (non-hydrogen) atoms. The Kier molecular flexibility index (Phi) is 4.89. The molecule has 1 fully saturated rings. The molecule has 0 bridgehead atoms. The number of aromatic nitrogens is 3. The summed E-state index contributed by atoms with van der Waals surface area (Å²) >= 11 is 0. The molecule has 0 radical (unpaired) electrons. The Labute approximate surface area is 158 Å². The fraction of sp³-hybridized carbons (Fsp3) is 0.238. The van der Waals surface area contributed by atoms with Gasteiger partial charge in [-0.25, -0.2) is 9.97 Å². The summed E-state index contributed by atoms with van der Waals surface area (Å²) in [5.74, 6) is 0.535. The minimum atomic E-state index is -0.0327. The number of carbonyl (C=O) groups is 1. The lowest BCUT2D eigenvalue weighted by Crippen LogP contribution is -2.49. The summed E-state index contributed by atoms with van der Waals surface area (Å²) in [5, 5.41) is 0. The lowest BCUT2D eigenvalue weighted by Gasteiger charge is -2.40. The van der Waals surface area contributed by atoms with Gasteiger partial charge < -0.3 is 9.80 Å². The minimum Gasteiger partial charge on any atom is -0.329 e. The molecular weight excluding hydrogens is 338 g/mol. The second-order valence-electron chi connectivity index (χ2n) is 6.72. The fourth-order valence-corrected chi connectivity index (χ4v) is 3.37. The Balaban J connectivity index is 1.59. The highest BCUT2D eigenvalue weighted by Crippen LogP contribution is 2.26. The van der Waals surface area contributed by atoms with Gasteiger partial charge in [-0.2, -0.15) is 0 Å². The molecule has 1 saturated heterocycles. The van der Waals surface area contributed by atoms with E-state index in [1.807, 2.05) is 35.2 Å². The van der Waals surface area contributed by atoms with Gasteiger partial charge in [-0.15, -0.1) is 0 Å². The first-order valence-electron chi connectivity index (χ1n) is 8.99. The third-order valence-electron chi connectivity index (χ3n) is 4.85. The zero-order valence-electron chi connectivity index (χ0n) is 15.2. The number of hydrogen-bond donors (Lipinski definition) is 0. The van der Waals surface area contributed by atoms with Crippen molar-refractivity contribution in [2.24, 2.45) is 0 Å². The van der Waals surface area contributed by atoms with Crippen molar-refractivity contribution < 1.29 is 4.79 Å². The maximum atomic E-state index is 13.2. The van der Waals surface area contributed by atoms with E-state index >= 15 is 0 Å². The highest BCUT2D eigenvalue weighted by molar-refractivity contribution is 5.94. The van der Waals surface area contributed by atoms with Crippen molar-refractivity contribution in [2.75, 3.05) is 26.7 Å². The van der Waals surface area contributed by atoms with E-state index in [0.717, 1.165) is 24.2 Å². The van der Waals surface area contributed by atoms with Crippen LogP contribution in [0.5, 0.6) is 0 Å². The quantitative estimate of drug-likeness (QED) is 0.719. The van der Waals surface area contributed by atoms with E-state index in [2.05, 4.69) is 39.0 Å². The molecule has 0 saturated carbocycles. The van der Waals surface area contributed by atoms with E-state index in [-0.39, 0.29) is 11.9 Å². The third-order valence-corrected chi connectivity index (χ3v) is 4.85. The number of benzene rings is 1. The van der Waals surface area contributed by atoms with Crippen LogP contribution in [0.15, 0.2) is 67.3 Å². The van der Waals surface area contributed by atoms with Gasteiger partial charge in [-0.3, -0.25) is 9.78 Å². The van der Waals surface area contributed by atoms with E-state index < -0.39 is 0 Å². The van der Waals surface area contributed by atoms with Crippen molar-refractivity contribution in [2.45, 2.75) is 6.04 Å². The molecule has 4 rings (SSSR count). The van der Waals surface area contributed by atoms with Gasteiger partial charge in [0.25, 0.3) is 5.91 Å². The number of hydrogen-bond acceptors (Lipinski definition) is 5. The number of rotatable bonds is 3. The van der Waals surface area contributed by atoms with Crippen LogP contribution in [-0.2, 0) is 0 Å². The Morgan fingerprint density at radius 3 is 2.48 bits per heavy atom. The van der Waals surface area contributed by atoms with Crippen molar-refractivity contribution in [3.63, 3.8) is 0 Å². The highest BCUT2D eigenvalue weighted by Gasteiger charge is 2.31. The number of likely N-dealkylation sites (N-methyl/N-ethyl adjacent to an activating group) is 1. The fourth-order valence-electron chi connectivity index (χ4n) is 3.37. The van der Waals surface area contributed by atoms with Gasteiger partial charge in [0, 0.05) is 50.0 Å². The van der Waals surface area contributed by atoms with Gasteiger partial charge in [0.2, 0.25) is 0 Å². The van der Waals surface area contributed by atoms with Gasteiger partial charge in [-0.05, 0) is 24.7 Å². The van der Waals surface area contributed by atoms with Crippen molar-refractivity contribution in [1.29, 1.82) is 0 Å². The SMILES string of the molecule is CN1CCN(C(=O)c2cnc(-c3cccnc3)nc2)[C@@H](c2ccccc2)C1. The van der Waals surface area contributed by atoms with Crippen LogP contribution in [0.4, 0.5) is 0 Å². The second-order valence-corrected chi connectivity index (χ2v) is 6.72. The van der Waals surface area contributed by atoms with Crippen LogP contribution in [0.2, 0.25) is 0 Å². The van der Waals surface area contributed by atoms with E-state index in [1.165, 1.54) is 0 Å². The molecule has 1 aromatic carbocycles. The Bertz CT molecular complexity index is 899. The first-order chi connectivity index (χ1) is 13.2. The molecule has 2 aromatic heterocycles. The topological polar surface area (TPSA) is 62.2 Å². The molecule has 3 aromatic rings. The molecule has 1 aliphatic rings. The average Bonchev–Trinajstić information content (AvgIpc) is 2.74. The molecule has 1 amide bonds. The molecule has 0 unspecified atom stereocenters. The van der Waals surface area contributed by atoms with Crippen molar-refractivity contribution in [3.8, 4) is 11.4 Å². The third kappa shape index (κ3) is 3.71. The number of nitrogens with zero attached hydrogens (tertiary/aromatic N) is 5. The van der Waals surface area contributed by atoms with Gasteiger partial charge in [0.15, 0.2) is 5.82 Å². The normalized spacial score (nSPS) is 17.7. The summed E-state index contributed by atoms with van der Waals surface area (Å²) < 4.78 is 0. The van der Waals surface area contributed by atoms with Crippen LogP contribution in [0, 0.1) is 0 Å². The highest BCUT2D eigenvalue weighted by atomic mass is 16.2. The first-order valence-corrected chi connectivity index (χ1v) is 8.99. The molecule has 6 nitrogen and oxygen atoms in total. The molecule has 1 aliphatic heterocycles. The summed E-state index contributed by atoms with van der Waals surface area (Å²) in [4.78, 5) is 30.2. The zero-order chi connectivity index (χ0) is 18.6. The maximum Gasteiger partial charge on any atom is 0.257 e. The van der Waals surface area contributed by atoms with Crippen LogP contribution in [0.25, 0.3) is 11.4 Å². The average molecular weight is 359 g/mol. The van der Waals surface area contributed by atoms with Crippen LogP contribution >= 0.6 is 0 Å². The standard InChI is InChI=1S/C21H21N5O/c1-25-10-11-26(19(15-25)16-6-3-2-4-7-16)21(27)18-13-23-20(24-14-18)17-8-5-9-22-12-17/h2-9,12-14,19H,10-11,15H2,1H3/t19-/m1/s1. The van der Waals surface area contributed by atoms with Gasteiger partial charge in [0.1, 0.15) is 0 Å². The summed E-state index contributed by atoms with van der Waals surface area (Å²) in [5.41, 5.74) is 2.48. The van der Waals surface area contributed by atoms with E-state index in [9.17, 15) is 4.79 Å². The number of carbonyl (C=O) groups excluding carboxylic acids is 1. The van der Waals surface area contributed by atoms with Crippen LogP contribution in [-0.4, -0.2) is 57.3 Å². The number of piperazine rings is 1. The van der Waals surface area contributed by atoms with Crippen molar-refractivity contribution in [3.05, 3.63) is 78.4 Å². The van der Waals surface area contributed by atoms with Gasteiger partial charge in [0.05, 0.1) is 11.6 Å². The van der Waals surface area contributed by atoms with E-state index in [1.54, 1.807) is 24.8 Å². The van der Waals surface area contributed by atoms with Gasteiger partial charge >= 0.3 is 0 Å². The lowest BCUT2D eigenvalue weighted by molar-refractivity contribution is 0.0497. The van der Waals surface area contributed by atoms with Gasteiger partial charge in [-0.1, -0.05) is 30.3 Å². The molecule has 136 valence electrons.